The van der Waals surface area contributed by atoms with Gasteiger partial charge in [0.1, 0.15) is 22.7 Å². The Balaban J connectivity index is 1.65. The van der Waals surface area contributed by atoms with Crippen molar-refractivity contribution in [3.8, 4) is 22.6 Å². The highest BCUT2D eigenvalue weighted by Gasteiger charge is 2.19. The van der Waals surface area contributed by atoms with Crippen molar-refractivity contribution < 1.29 is 4.74 Å². The predicted molar refractivity (Wildman–Crippen MR) is 136 cm³/mol. The lowest BCUT2D eigenvalue weighted by atomic mass is 10.1. The molecule has 0 saturated carbocycles. The second-order valence-electron chi connectivity index (χ2n) is 7.75. The van der Waals surface area contributed by atoms with Crippen LogP contribution in [0.1, 0.15) is 24.7 Å². The van der Waals surface area contributed by atoms with Crippen LogP contribution in [-0.4, -0.2) is 21.1 Å². The van der Waals surface area contributed by atoms with Crippen molar-refractivity contribution in [3.63, 3.8) is 0 Å². The lowest BCUT2D eigenvalue weighted by Gasteiger charge is -2.12. The molecule has 33 heavy (non-hydrogen) atoms. The second kappa shape index (κ2) is 9.51. The molecule has 4 nitrogen and oxygen atoms in total. The van der Waals surface area contributed by atoms with E-state index in [0.29, 0.717) is 6.61 Å². The zero-order valence-corrected chi connectivity index (χ0v) is 19.5. The largest absolute Gasteiger partial charge is 0.494 e. The fourth-order valence-electron chi connectivity index (χ4n) is 3.99. The quantitative estimate of drug-likeness (QED) is 0.192. The molecule has 0 aliphatic rings. The van der Waals surface area contributed by atoms with Crippen molar-refractivity contribution in [2.75, 3.05) is 6.61 Å². The number of hydrogen-bond donors (Lipinski definition) is 0. The highest BCUT2D eigenvalue weighted by Crippen LogP contribution is 2.41. The number of hydrogen-bond acceptors (Lipinski definition) is 4. The minimum atomic E-state index is 0.266. The second-order valence-corrected chi connectivity index (χ2v) is 9.08. The molecular formula is C28H25N3OS. The third-order valence-corrected chi connectivity index (χ3v) is 6.77. The zero-order chi connectivity index (χ0) is 22.6. The van der Waals surface area contributed by atoms with Gasteiger partial charge in [-0.15, -0.1) is 0 Å². The summed E-state index contributed by atoms with van der Waals surface area (Å²) in [5.41, 5.74) is 5.49. The molecule has 1 atom stereocenters. The number of aromatic nitrogens is 3. The lowest BCUT2D eigenvalue weighted by molar-refractivity contribution is 0.340. The number of ether oxygens (including phenoxy) is 1. The fraction of sp³-hybridized carbons (Fsp3) is 0.143. The maximum Gasteiger partial charge on any atom is 0.149 e. The van der Waals surface area contributed by atoms with Gasteiger partial charge in [0.15, 0.2) is 0 Å². The molecule has 0 bridgehead atoms. The molecule has 0 spiro atoms. The summed E-state index contributed by atoms with van der Waals surface area (Å²) >= 11 is 1.77. The summed E-state index contributed by atoms with van der Waals surface area (Å²) in [5.74, 6) is 0.864. The Morgan fingerprint density at radius 3 is 2.27 bits per heavy atom. The first-order valence-electron chi connectivity index (χ1n) is 11.1. The van der Waals surface area contributed by atoms with Crippen LogP contribution in [-0.2, 0) is 0 Å². The van der Waals surface area contributed by atoms with Gasteiger partial charge in [-0.1, -0.05) is 72.4 Å². The summed E-state index contributed by atoms with van der Waals surface area (Å²) in [6.45, 7) is 4.86. The van der Waals surface area contributed by atoms with Gasteiger partial charge in [-0.2, -0.15) is 0 Å². The molecule has 0 saturated heterocycles. The van der Waals surface area contributed by atoms with Crippen molar-refractivity contribution in [1.82, 2.24) is 14.5 Å². The molecule has 2 heterocycles. The summed E-state index contributed by atoms with van der Waals surface area (Å²) in [5, 5.41) is 2.33. The number of nitrogens with zero attached hydrogens (tertiary/aromatic N) is 3. The molecule has 0 aliphatic carbocycles. The molecule has 5 aromatic rings. The van der Waals surface area contributed by atoms with Crippen molar-refractivity contribution >= 4 is 22.8 Å². The number of benzene rings is 3. The first kappa shape index (κ1) is 21.3. The summed E-state index contributed by atoms with van der Waals surface area (Å²) in [7, 11) is 0. The smallest absolute Gasteiger partial charge is 0.149 e. The van der Waals surface area contributed by atoms with E-state index in [1.807, 2.05) is 31.2 Å². The Morgan fingerprint density at radius 2 is 1.58 bits per heavy atom. The SMILES string of the molecule is CCOc1ccc(-n2cc(-c3ccccc3)c3c(S[C@@H](C)c4ccccc4)ncnc32)cc1. The zero-order valence-electron chi connectivity index (χ0n) is 18.7. The predicted octanol–water partition coefficient (Wildman–Crippen LogP) is 7.34. The van der Waals surface area contributed by atoms with Gasteiger partial charge >= 0.3 is 0 Å². The molecule has 0 radical (unpaired) electrons. The van der Waals surface area contributed by atoms with E-state index in [-0.39, 0.29) is 5.25 Å². The Labute approximate surface area is 198 Å². The molecule has 0 amide bonds. The third-order valence-electron chi connectivity index (χ3n) is 5.62. The van der Waals surface area contributed by atoms with E-state index in [1.54, 1.807) is 18.1 Å². The van der Waals surface area contributed by atoms with Gasteiger partial charge in [-0.05, 0) is 49.2 Å². The standard InChI is InChI=1S/C28H25N3OS/c1-3-32-24-16-14-23(15-17-24)31-18-25(22-12-8-5-9-13-22)26-27(31)29-19-30-28(26)33-20(2)21-10-6-4-7-11-21/h4-20H,3H2,1-2H3/t20-/m0/s1. The average Bonchev–Trinajstić information content (AvgIpc) is 3.26. The van der Waals surface area contributed by atoms with Crippen LogP contribution in [0.4, 0.5) is 0 Å². The van der Waals surface area contributed by atoms with Crippen molar-refractivity contribution in [2.24, 2.45) is 0 Å². The Bertz CT molecular complexity index is 1350. The summed E-state index contributed by atoms with van der Waals surface area (Å²) < 4.78 is 7.77. The van der Waals surface area contributed by atoms with E-state index < -0.39 is 0 Å². The third kappa shape index (κ3) is 4.37. The van der Waals surface area contributed by atoms with Gasteiger partial charge in [0.2, 0.25) is 0 Å². The van der Waals surface area contributed by atoms with Gasteiger partial charge in [0.05, 0.1) is 12.0 Å². The van der Waals surface area contributed by atoms with Gasteiger partial charge in [0, 0.05) is 22.7 Å². The Kier molecular flexibility index (Phi) is 6.13. The van der Waals surface area contributed by atoms with Gasteiger partial charge in [-0.25, -0.2) is 9.97 Å². The first-order chi connectivity index (χ1) is 16.2. The van der Waals surface area contributed by atoms with Crippen molar-refractivity contribution in [1.29, 1.82) is 0 Å². The van der Waals surface area contributed by atoms with Crippen LogP contribution in [0.3, 0.4) is 0 Å². The molecule has 0 aliphatic heterocycles. The fourth-order valence-corrected chi connectivity index (χ4v) is 5.04. The average molecular weight is 452 g/mol. The van der Waals surface area contributed by atoms with Crippen LogP contribution < -0.4 is 4.74 Å². The molecule has 3 aromatic carbocycles. The minimum Gasteiger partial charge on any atom is -0.494 e. The maximum absolute atomic E-state index is 5.63. The Morgan fingerprint density at radius 1 is 0.879 bits per heavy atom. The van der Waals surface area contributed by atoms with Crippen LogP contribution in [0, 0.1) is 0 Å². The first-order valence-corrected chi connectivity index (χ1v) is 12.0. The Hall–Kier alpha value is -3.57. The van der Waals surface area contributed by atoms with Crippen molar-refractivity contribution in [3.05, 3.63) is 103 Å². The van der Waals surface area contributed by atoms with Crippen LogP contribution in [0.5, 0.6) is 5.75 Å². The highest BCUT2D eigenvalue weighted by molar-refractivity contribution is 7.99. The van der Waals surface area contributed by atoms with E-state index in [4.69, 9.17) is 14.7 Å². The molecule has 0 N–H and O–H groups in total. The lowest BCUT2D eigenvalue weighted by Crippen LogP contribution is -1.97. The molecular weight excluding hydrogens is 426 g/mol. The van der Waals surface area contributed by atoms with Crippen molar-refractivity contribution in [2.45, 2.75) is 24.1 Å². The molecule has 2 aromatic heterocycles. The normalized spacial score (nSPS) is 12.1. The van der Waals surface area contributed by atoms with Crippen LogP contribution in [0.15, 0.2) is 102 Å². The van der Waals surface area contributed by atoms with Crippen LogP contribution in [0.2, 0.25) is 0 Å². The van der Waals surface area contributed by atoms with E-state index in [1.165, 1.54) is 5.56 Å². The minimum absolute atomic E-state index is 0.266. The van der Waals surface area contributed by atoms with Gasteiger partial charge in [-0.3, -0.25) is 0 Å². The summed E-state index contributed by atoms with van der Waals surface area (Å²) in [4.78, 5) is 9.43. The summed E-state index contributed by atoms with van der Waals surface area (Å²) in [6, 6.07) is 29.1. The van der Waals surface area contributed by atoms with Crippen LogP contribution in [0.25, 0.3) is 27.8 Å². The summed E-state index contributed by atoms with van der Waals surface area (Å²) in [6.07, 6.45) is 3.84. The molecule has 164 valence electrons. The number of thioether (sulfide) groups is 1. The van der Waals surface area contributed by atoms with Crippen LogP contribution >= 0.6 is 11.8 Å². The van der Waals surface area contributed by atoms with Gasteiger partial charge in [0.25, 0.3) is 0 Å². The molecule has 0 fully saturated rings. The maximum atomic E-state index is 5.63. The molecule has 0 unspecified atom stereocenters. The molecule has 5 rings (SSSR count). The van der Waals surface area contributed by atoms with E-state index in [2.05, 4.69) is 78.4 Å². The van der Waals surface area contributed by atoms with E-state index in [0.717, 1.165) is 38.6 Å². The topological polar surface area (TPSA) is 39.9 Å². The number of fused-ring (bicyclic) bond motifs is 1. The van der Waals surface area contributed by atoms with E-state index >= 15 is 0 Å². The highest BCUT2D eigenvalue weighted by atomic mass is 32.2. The van der Waals surface area contributed by atoms with E-state index in [9.17, 15) is 0 Å². The monoisotopic (exact) mass is 451 g/mol. The molecule has 5 heteroatoms. The van der Waals surface area contributed by atoms with Gasteiger partial charge < -0.3 is 9.30 Å². The number of rotatable bonds is 7.